The highest BCUT2D eigenvalue weighted by Gasteiger charge is 2.68. The van der Waals surface area contributed by atoms with Crippen molar-refractivity contribution in [2.24, 2.45) is 36.1 Å². The lowest BCUT2D eigenvalue weighted by Gasteiger charge is -2.49. The number of carbonyl (C=O) groups excluding carboxylic acids is 4. The number of halogens is 1. The summed E-state index contributed by atoms with van der Waals surface area (Å²) < 4.78 is 7.99. The molecule has 53 heavy (non-hydrogen) atoms. The Balaban J connectivity index is 1.16. The molecule has 6 atom stereocenters. The van der Waals surface area contributed by atoms with Crippen LogP contribution in [-0.2, 0) is 26.2 Å². The van der Waals surface area contributed by atoms with Crippen LogP contribution in [0.4, 0.5) is 11.5 Å². The van der Waals surface area contributed by atoms with Gasteiger partial charge in [-0.3, -0.25) is 28.8 Å². The number of fused-ring (bicyclic) bond motifs is 5. The van der Waals surface area contributed by atoms with Gasteiger partial charge in [-0.25, -0.2) is 4.90 Å². The molecule has 2 aliphatic carbocycles. The average molecular weight is 747 g/mol. The Morgan fingerprint density at radius 1 is 0.943 bits per heavy atom. The lowest BCUT2D eigenvalue weighted by Crippen LogP contribution is -2.49. The van der Waals surface area contributed by atoms with Crippen LogP contribution in [0.1, 0.15) is 36.8 Å². The summed E-state index contributed by atoms with van der Waals surface area (Å²) in [5.74, 6) is -4.18. The third kappa shape index (κ3) is 4.66. The zero-order valence-corrected chi connectivity index (χ0v) is 30.9. The molecule has 4 aliphatic rings. The van der Waals surface area contributed by atoms with E-state index in [0.29, 0.717) is 40.0 Å². The predicted octanol–water partition coefficient (Wildman–Crippen LogP) is 7.41. The van der Waals surface area contributed by atoms with Gasteiger partial charge in [0.05, 0.1) is 40.8 Å². The summed E-state index contributed by atoms with van der Waals surface area (Å²) in [7, 11) is 3.21. The molecule has 3 fully saturated rings. The minimum absolute atomic E-state index is 0.0837. The zero-order valence-electron chi connectivity index (χ0n) is 29.4. The molecule has 10 nitrogen and oxygen atoms in total. The van der Waals surface area contributed by atoms with Crippen molar-refractivity contribution in [2.75, 3.05) is 16.9 Å². The molecule has 0 radical (unpaired) electrons. The molecular formula is C41H35ClN4O6S. The highest BCUT2D eigenvalue weighted by Crippen LogP contribution is 2.64. The van der Waals surface area contributed by atoms with Crippen LogP contribution in [0.2, 0.25) is 5.02 Å². The molecule has 9 rings (SSSR count). The van der Waals surface area contributed by atoms with Crippen LogP contribution < -0.4 is 14.5 Å². The van der Waals surface area contributed by atoms with Crippen LogP contribution in [0.5, 0.6) is 11.5 Å². The lowest BCUT2D eigenvalue weighted by molar-refractivity contribution is -0.131. The van der Waals surface area contributed by atoms with E-state index in [1.807, 2.05) is 37.3 Å². The van der Waals surface area contributed by atoms with Crippen LogP contribution in [-0.4, -0.2) is 45.6 Å². The Kier molecular flexibility index (Phi) is 7.52. The maximum absolute atomic E-state index is 15.1. The number of allylic oxidation sites excluding steroid dienone is 2. The Morgan fingerprint density at radius 2 is 1.72 bits per heavy atom. The Morgan fingerprint density at radius 3 is 2.45 bits per heavy atom. The number of aromatic nitrogens is 2. The van der Waals surface area contributed by atoms with Gasteiger partial charge >= 0.3 is 0 Å². The number of nitrogens with zero attached hydrogens (tertiary/aromatic N) is 4. The standard InChI is InChI=1S/C41H35ClN4O6S/c1-20-27-16-21(42)10-15-32(27)53-36(20)30-19-33(44(3)43-30)46-38(49)29-18-28-24(35(41(29,2)40(46)51)25-12-11-23(52-4)17-31(25)47)13-14-26-34(28)39(50)45(37(26)48)22-8-6-5-7-9-22/h5-13,15-17,19,26,28-29,34-35,47H,14,18H2,1-4H3. The molecule has 4 heterocycles. The van der Waals surface area contributed by atoms with E-state index in [1.165, 1.54) is 23.0 Å². The molecule has 0 bridgehead atoms. The number of rotatable bonds is 5. The summed E-state index contributed by atoms with van der Waals surface area (Å²) in [6.45, 7) is 3.80. The number of methoxy groups -OCH3 is 1. The van der Waals surface area contributed by atoms with Gasteiger partial charge in [0.1, 0.15) is 23.0 Å². The summed E-state index contributed by atoms with van der Waals surface area (Å²) in [6, 6.07) is 21.3. The van der Waals surface area contributed by atoms with E-state index in [1.54, 1.807) is 72.5 Å². The Hall–Kier alpha value is -5.26. The maximum atomic E-state index is 15.1. The van der Waals surface area contributed by atoms with Crippen molar-refractivity contribution in [2.45, 2.75) is 32.6 Å². The predicted molar refractivity (Wildman–Crippen MR) is 202 cm³/mol. The number of carbonyl (C=O) groups is 4. The first kappa shape index (κ1) is 33.6. The molecule has 4 amide bonds. The topological polar surface area (TPSA) is 122 Å². The van der Waals surface area contributed by atoms with E-state index in [2.05, 4.69) is 0 Å². The van der Waals surface area contributed by atoms with E-state index in [-0.39, 0.29) is 24.0 Å². The Labute approximate surface area is 314 Å². The van der Waals surface area contributed by atoms with Crippen molar-refractivity contribution in [1.29, 1.82) is 0 Å². The smallest absolute Gasteiger partial charge is 0.242 e. The van der Waals surface area contributed by atoms with Crippen LogP contribution in [0.3, 0.4) is 0 Å². The van der Waals surface area contributed by atoms with Crippen LogP contribution in [0.25, 0.3) is 20.7 Å². The summed E-state index contributed by atoms with van der Waals surface area (Å²) in [6.07, 6.45) is 2.47. The summed E-state index contributed by atoms with van der Waals surface area (Å²) >= 11 is 7.88. The first-order valence-corrected chi connectivity index (χ1v) is 18.7. The fourth-order valence-corrected chi connectivity index (χ4v) is 10.8. The molecule has 2 aliphatic heterocycles. The normalized spacial score (nSPS) is 26.6. The van der Waals surface area contributed by atoms with Gasteiger partial charge in [-0.15, -0.1) is 11.3 Å². The Bertz CT molecular complexity index is 2450. The van der Waals surface area contributed by atoms with Gasteiger partial charge in [-0.05, 0) is 80.0 Å². The molecule has 1 saturated carbocycles. The number of anilines is 2. The van der Waals surface area contributed by atoms with Crippen molar-refractivity contribution in [3.8, 4) is 22.1 Å². The van der Waals surface area contributed by atoms with Gasteiger partial charge in [-0.1, -0.05) is 47.5 Å². The van der Waals surface area contributed by atoms with Crippen molar-refractivity contribution in [1.82, 2.24) is 9.78 Å². The van der Waals surface area contributed by atoms with Crippen molar-refractivity contribution in [3.63, 3.8) is 0 Å². The fraction of sp³-hybridized carbons (Fsp3) is 0.293. The van der Waals surface area contributed by atoms with Crippen molar-refractivity contribution < 1.29 is 29.0 Å². The highest BCUT2D eigenvalue weighted by atomic mass is 35.5. The van der Waals surface area contributed by atoms with Crippen LogP contribution in [0, 0.1) is 36.0 Å². The number of ether oxygens (including phenoxy) is 1. The number of para-hydroxylation sites is 1. The third-order valence-electron chi connectivity index (χ3n) is 12.1. The number of hydrogen-bond donors (Lipinski definition) is 1. The van der Waals surface area contributed by atoms with Crippen molar-refractivity contribution >= 4 is 68.2 Å². The number of imide groups is 2. The van der Waals surface area contributed by atoms with Crippen LogP contribution >= 0.6 is 22.9 Å². The second-order valence-corrected chi connectivity index (χ2v) is 16.1. The van der Waals surface area contributed by atoms with Gasteiger partial charge in [0.15, 0.2) is 0 Å². The second kappa shape index (κ2) is 11.9. The van der Waals surface area contributed by atoms with Crippen molar-refractivity contribution in [3.05, 3.63) is 101 Å². The summed E-state index contributed by atoms with van der Waals surface area (Å²) in [4.78, 5) is 61.5. The second-order valence-electron chi connectivity index (χ2n) is 14.6. The molecule has 1 N–H and O–H groups in total. The molecule has 2 saturated heterocycles. The monoisotopic (exact) mass is 746 g/mol. The summed E-state index contributed by atoms with van der Waals surface area (Å²) in [5.41, 5.74) is 2.03. The van der Waals surface area contributed by atoms with E-state index in [9.17, 15) is 19.5 Å². The molecule has 5 aromatic rings. The molecule has 6 unspecified atom stereocenters. The number of amides is 4. The highest BCUT2D eigenvalue weighted by molar-refractivity contribution is 7.22. The number of phenolic OH excluding ortho intramolecular Hbond substituents is 1. The molecule has 0 spiro atoms. The largest absolute Gasteiger partial charge is 0.508 e. The SMILES string of the molecule is COc1ccc(C2C3=CCC4C(=O)N(c5ccccc5)C(=O)C4C3CC3C(=O)N(c4cc(-c5sc6ccc(Cl)cc6c5C)nn4C)C(=O)C32C)c(O)c1. The van der Waals surface area contributed by atoms with Gasteiger partial charge in [0.2, 0.25) is 23.6 Å². The number of hydrogen-bond acceptors (Lipinski definition) is 8. The zero-order chi connectivity index (χ0) is 37.1. The minimum atomic E-state index is -1.34. The molecule has 2 aromatic heterocycles. The van der Waals surface area contributed by atoms with E-state index in [4.69, 9.17) is 21.4 Å². The fourth-order valence-electron chi connectivity index (χ4n) is 9.52. The number of aromatic hydroxyl groups is 1. The lowest BCUT2D eigenvalue weighted by atomic mass is 9.51. The van der Waals surface area contributed by atoms with Gasteiger partial charge < -0.3 is 9.84 Å². The van der Waals surface area contributed by atoms with Gasteiger partial charge in [0.25, 0.3) is 0 Å². The molecule has 3 aromatic carbocycles. The van der Waals surface area contributed by atoms with E-state index in [0.717, 1.165) is 26.1 Å². The van der Waals surface area contributed by atoms with E-state index >= 15 is 4.79 Å². The summed E-state index contributed by atoms with van der Waals surface area (Å²) in [5, 5.41) is 17.9. The number of benzene rings is 3. The van der Waals surface area contributed by atoms with Crippen LogP contribution in [0.15, 0.2) is 84.4 Å². The molecule has 268 valence electrons. The quantitative estimate of drug-likeness (QED) is 0.147. The van der Waals surface area contributed by atoms with Gasteiger partial charge in [0, 0.05) is 40.4 Å². The number of thiophene rings is 1. The van der Waals surface area contributed by atoms with Gasteiger partial charge in [-0.2, -0.15) is 5.10 Å². The first-order chi connectivity index (χ1) is 25.4. The van der Waals surface area contributed by atoms with E-state index < -0.39 is 46.8 Å². The minimum Gasteiger partial charge on any atom is -0.508 e. The maximum Gasteiger partial charge on any atom is 0.242 e. The number of aryl methyl sites for hydroxylation is 2. The molecular weight excluding hydrogens is 712 g/mol. The third-order valence-corrected chi connectivity index (χ3v) is 13.6. The first-order valence-electron chi connectivity index (χ1n) is 17.5. The average Bonchev–Trinajstić information content (AvgIpc) is 3.82. The molecule has 12 heteroatoms. The number of phenols is 1.